The molecule has 0 nitrogen and oxygen atoms in total. The fourth-order valence-corrected chi connectivity index (χ4v) is 1.61. The summed E-state index contributed by atoms with van der Waals surface area (Å²) in [7, 11) is 1.35. The Morgan fingerprint density at radius 3 is 2.64 bits per heavy atom. The molecule has 0 aliphatic carbocycles. The van der Waals surface area contributed by atoms with Crippen molar-refractivity contribution in [2.24, 2.45) is 0 Å². The summed E-state index contributed by atoms with van der Waals surface area (Å²) in [6.45, 7) is 2.20. The molecule has 1 rings (SSSR count). The molecule has 0 heterocycles. The van der Waals surface area contributed by atoms with E-state index in [1.165, 1.54) is 40.3 Å². The van der Waals surface area contributed by atoms with Gasteiger partial charge in [0.25, 0.3) is 0 Å². The second-order valence-electron chi connectivity index (χ2n) is 3.03. The zero-order valence-electron chi connectivity index (χ0n) is 7.43. The first kappa shape index (κ1) is 8.53. The molecule has 1 aromatic carbocycles. The molecule has 0 saturated heterocycles. The van der Waals surface area contributed by atoms with Crippen LogP contribution in [0.25, 0.3) is 0 Å². The van der Waals surface area contributed by atoms with E-state index in [9.17, 15) is 0 Å². The highest BCUT2D eigenvalue weighted by atomic mass is 28.1. The van der Waals surface area contributed by atoms with Gasteiger partial charge < -0.3 is 0 Å². The molecule has 0 saturated carbocycles. The number of hydrogen-bond donors (Lipinski definition) is 0. The molecule has 0 aromatic heterocycles. The van der Waals surface area contributed by atoms with Crippen molar-refractivity contribution in [2.75, 3.05) is 0 Å². The standard InChI is InChI=1S/C10H16Si/c1-9-5-2-3-6-10(9)7-4-8-11/h2-3,5-6H,4,7-8H2,1,11H3. The molecule has 0 radical (unpaired) electrons. The first-order valence-corrected chi connectivity index (χ1v) is 5.80. The summed E-state index contributed by atoms with van der Waals surface area (Å²) < 4.78 is 0. The summed E-state index contributed by atoms with van der Waals surface area (Å²) in [6, 6.07) is 10.1. The molecule has 0 spiro atoms. The molecule has 0 atom stereocenters. The maximum atomic E-state index is 2.24. The minimum Gasteiger partial charge on any atom is -0.0655 e. The van der Waals surface area contributed by atoms with E-state index in [0.717, 1.165) is 0 Å². The largest absolute Gasteiger partial charge is 0.0655 e. The zero-order chi connectivity index (χ0) is 8.10. The quantitative estimate of drug-likeness (QED) is 0.597. The summed E-state index contributed by atoms with van der Waals surface area (Å²) in [5.41, 5.74) is 2.98. The van der Waals surface area contributed by atoms with Crippen LogP contribution in [0, 0.1) is 6.92 Å². The van der Waals surface area contributed by atoms with Gasteiger partial charge in [-0.3, -0.25) is 0 Å². The van der Waals surface area contributed by atoms with Crippen LogP contribution >= 0.6 is 0 Å². The predicted octanol–water partition coefficient (Wildman–Crippen LogP) is 1.71. The molecule has 1 aromatic rings. The average Bonchev–Trinajstić information content (AvgIpc) is 2.03. The lowest BCUT2D eigenvalue weighted by molar-refractivity contribution is 0.910. The van der Waals surface area contributed by atoms with Crippen LogP contribution < -0.4 is 0 Å². The van der Waals surface area contributed by atoms with Crippen molar-refractivity contribution in [2.45, 2.75) is 25.8 Å². The molecule has 1 heteroatoms. The van der Waals surface area contributed by atoms with Gasteiger partial charge in [-0.05, 0) is 24.5 Å². The van der Waals surface area contributed by atoms with Crippen LogP contribution in [-0.4, -0.2) is 10.2 Å². The van der Waals surface area contributed by atoms with Crippen molar-refractivity contribution >= 4 is 10.2 Å². The summed E-state index contributed by atoms with van der Waals surface area (Å²) in [5, 5.41) is 0. The van der Waals surface area contributed by atoms with E-state index < -0.39 is 0 Å². The SMILES string of the molecule is Cc1ccccc1CCC[SiH3]. The van der Waals surface area contributed by atoms with Crippen molar-refractivity contribution in [3.63, 3.8) is 0 Å². The maximum absolute atomic E-state index is 2.24. The van der Waals surface area contributed by atoms with Gasteiger partial charge in [-0.15, -0.1) is 0 Å². The molecule has 0 fully saturated rings. The maximum Gasteiger partial charge on any atom is 0.00281 e. The number of hydrogen-bond acceptors (Lipinski definition) is 0. The van der Waals surface area contributed by atoms with Gasteiger partial charge in [-0.2, -0.15) is 0 Å². The molecule has 0 N–H and O–H groups in total. The molecule has 0 bridgehead atoms. The third kappa shape index (κ3) is 2.50. The van der Waals surface area contributed by atoms with Crippen LogP contribution in [-0.2, 0) is 6.42 Å². The topological polar surface area (TPSA) is 0 Å². The van der Waals surface area contributed by atoms with Gasteiger partial charge in [0.15, 0.2) is 0 Å². The number of aryl methyl sites for hydroxylation is 2. The van der Waals surface area contributed by atoms with E-state index in [2.05, 4.69) is 31.2 Å². The van der Waals surface area contributed by atoms with Crippen molar-refractivity contribution in [3.05, 3.63) is 35.4 Å². The summed E-state index contributed by atoms with van der Waals surface area (Å²) in [6.07, 6.45) is 2.65. The highest BCUT2D eigenvalue weighted by molar-refractivity contribution is 6.08. The van der Waals surface area contributed by atoms with Crippen LogP contribution in [0.5, 0.6) is 0 Å². The highest BCUT2D eigenvalue weighted by Gasteiger charge is 1.94. The van der Waals surface area contributed by atoms with Crippen LogP contribution in [0.2, 0.25) is 6.04 Å². The van der Waals surface area contributed by atoms with Crippen LogP contribution in [0.1, 0.15) is 17.5 Å². The van der Waals surface area contributed by atoms with Crippen LogP contribution in [0.3, 0.4) is 0 Å². The molecular weight excluding hydrogens is 148 g/mol. The Morgan fingerprint density at radius 2 is 2.00 bits per heavy atom. The van der Waals surface area contributed by atoms with E-state index in [4.69, 9.17) is 0 Å². The highest BCUT2D eigenvalue weighted by Crippen LogP contribution is 2.09. The minimum absolute atomic E-state index is 1.27. The average molecular weight is 164 g/mol. The molecule has 11 heavy (non-hydrogen) atoms. The Bertz CT molecular complexity index is 218. The minimum atomic E-state index is 1.27. The van der Waals surface area contributed by atoms with Crippen LogP contribution in [0.15, 0.2) is 24.3 Å². The van der Waals surface area contributed by atoms with Gasteiger partial charge in [0.1, 0.15) is 0 Å². The molecular formula is C10H16Si. The Balaban J connectivity index is 2.62. The second kappa shape index (κ2) is 4.34. The molecule has 0 aliphatic heterocycles. The Kier molecular flexibility index (Phi) is 3.37. The van der Waals surface area contributed by atoms with E-state index >= 15 is 0 Å². The van der Waals surface area contributed by atoms with Gasteiger partial charge in [-0.25, -0.2) is 0 Å². The lowest BCUT2D eigenvalue weighted by Gasteiger charge is -2.02. The fraction of sp³-hybridized carbons (Fsp3) is 0.400. The molecule has 0 unspecified atom stereocenters. The van der Waals surface area contributed by atoms with E-state index in [0.29, 0.717) is 0 Å². The first-order chi connectivity index (χ1) is 5.34. The van der Waals surface area contributed by atoms with Crippen molar-refractivity contribution in [3.8, 4) is 0 Å². The van der Waals surface area contributed by atoms with Crippen molar-refractivity contribution in [1.82, 2.24) is 0 Å². The first-order valence-electron chi connectivity index (χ1n) is 4.39. The van der Waals surface area contributed by atoms with E-state index in [-0.39, 0.29) is 0 Å². The normalized spacial score (nSPS) is 10.3. The third-order valence-corrected chi connectivity index (χ3v) is 2.77. The smallest absolute Gasteiger partial charge is 0.00281 e. The zero-order valence-corrected chi connectivity index (χ0v) is 9.43. The third-order valence-electron chi connectivity index (χ3n) is 2.06. The van der Waals surface area contributed by atoms with Crippen molar-refractivity contribution < 1.29 is 0 Å². The lowest BCUT2D eigenvalue weighted by Crippen LogP contribution is -1.88. The summed E-state index contributed by atoms with van der Waals surface area (Å²) >= 11 is 0. The molecule has 60 valence electrons. The van der Waals surface area contributed by atoms with E-state index in [1.807, 2.05) is 0 Å². The fourth-order valence-electron chi connectivity index (χ4n) is 1.26. The Morgan fingerprint density at radius 1 is 1.27 bits per heavy atom. The van der Waals surface area contributed by atoms with Gasteiger partial charge in [0.05, 0.1) is 0 Å². The lowest BCUT2D eigenvalue weighted by atomic mass is 10.1. The molecule has 0 amide bonds. The van der Waals surface area contributed by atoms with Gasteiger partial charge in [0, 0.05) is 10.2 Å². The Hall–Kier alpha value is -0.563. The Labute approximate surface area is 72.1 Å². The van der Waals surface area contributed by atoms with Crippen LogP contribution in [0.4, 0.5) is 0 Å². The molecule has 0 aliphatic rings. The van der Waals surface area contributed by atoms with Gasteiger partial charge in [-0.1, -0.05) is 36.7 Å². The number of benzene rings is 1. The predicted molar refractivity (Wildman–Crippen MR) is 54.2 cm³/mol. The van der Waals surface area contributed by atoms with Crippen molar-refractivity contribution in [1.29, 1.82) is 0 Å². The van der Waals surface area contributed by atoms with E-state index in [1.54, 1.807) is 0 Å². The summed E-state index contributed by atoms with van der Waals surface area (Å²) in [5.74, 6) is 0. The monoisotopic (exact) mass is 164 g/mol. The van der Waals surface area contributed by atoms with Gasteiger partial charge >= 0.3 is 0 Å². The second-order valence-corrected chi connectivity index (χ2v) is 4.03. The van der Waals surface area contributed by atoms with Gasteiger partial charge in [0.2, 0.25) is 0 Å². The number of rotatable bonds is 3. The summed E-state index contributed by atoms with van der Waals surface area (Å²) in [4.78, 5) is 0.